The lowest BCUT2D eigenvalue weighted by Gasteiger charge is -2.27. The summed E-state index contributed by atoms with van der Waals surface area (Å²) in [4.78, 5) is 29.1. The molecule has 1 aliphatic rings. The first-order valence-electron chi connectivity index (χ1n) is 14.1. The number of rotatable bonds is 6. The van der Waals surface area contributed by atoms with E-state index in [2.05, 4.69) is 34.6 Å². The lowest BCUT2D eigenvalue weighted by Crippen LogP contribution is -2.29. The van der Waals surface area contributed by atoms with Gasteiger partial charge in [0.05, 0.1) is 23.9 Å². The standard InChI is InChI=1S/C36H37NO4/c1-22(2)21-41-30-19-16-26(20-23(30)3)33(38)31-32(25-14-17-27(18-15-25)36(4,5)6)37(35(40)34(31)39)29-13-9-11-24-10-7-8-12-28(24)29/h7-20,22,32,38H,21H2,1-6H3/b33-31+. The third-order valence-corrected chi connectivity index (χ3v) is 7.58. The fourth-order valence-corrected chi connectivity index (χ4v) is 5.35. The Morgan fingerprint density at radius 1 is 0.927 bits per heavy atom. The fraction of sp³-hybridized carbons (Fsp3) is 0.278. The van der Waals surface area contributed by atoms with Gasteiger partial charge in [-0.3, -0.25) is 14.5 Å². The maximum absolute atomic E-state index is 13.8. The summed E-state index contributed by atoms with van der Waals surface area (Å²) >= 11 is 0. The van der Waals surface area contributed by atoms with E-state index in [4.69, 9.17) is 4.74 Å². The molecule has 1 N–H and O–H groups in total. The van der Waals surface area contributed by atoms with Crippen molar-refractivity contribution in [2.24, 2.45) is 5.92 Å². The number of benzene rings is 4. The number of anilines is 1. The smallest absolute Gasteiger partial charge is 0.300 e. The van der Waals surface area contributed by atoms with Crippen LogP contribution >= 0.6 is 0 Å². The SMILES string of the molecule is Cc1cc(/C(O)=C2\C(=O)C(=O)N(c3cccc4ccccc34)C2c2ccc(C(C)(C)C)cc2)ccc1OCC(C)C. The van der Waals surface area contributed by atoms with Gasteiger partial charge in [0.25, 0.3) is 11.7 Å². The maximum Gasteiger partial charge on any atom is 0.300 e. The quantitative estimate of drug-likeness (QED) is 0.150. The number of ether oxygens (including phenoxy) is 1. The van der Waals surface area contributed by atoms with Gasteiger partial charge in [0, 0.05) is 10.9 Å². The molecule has 5 rings (SSSR count). The molecule has 5 nitrogen and oxygen atoms in total. The summed E-state index contributed by atoms with van der Waals surface area (Å²) in [5.74, 6) is -0.480. The Morgan fingerprint density at radius 2 is 1.61 bits per heavy atom. The van der Waals surface area contributed by atoms with Gasteiger partial charge < -0.3 is 9.84 Å². The largest absolute Gasteiger partial charge is 0.507 e. The number of Topliss-reactive ketones (excluding diaryl/α,β-unsaturated/α-hetero) is 1. The molecule has 0 bridgehead atoms. The number of fused-ring (bicyclic) bond motifs is 1. The molecule has 1 amide bonds. The van der Waals surface area contributed by atoms with Gasteiger partial charge in [0.1, 0.15) is 11.5 Å². The van der Waals surface area contributed by atoms with Gasteiger partial charge in [-0.15, -0.1) is 0 Å². The van der Waals surface area contributed by atoms with Crippen LogP contribution in [0, 0.1) is 12.8 Å². The van der Waals surface area contributed by atoms with Gasteiger partial charge in [0.15, 0.2) is 0 Å². The van der Waals surface area contributed by atoms with Gasteiger partial charge >= 0.3 is 0 Å². The molecule has 5 heteroatoms. The Morgan fingerprint density at radius 3 is 2.27 bits per heavy atom. The van der Waals surface area contributed by atoms with Crippen LogP contribution in [0.1, 0.15) is 62.9 Å². The summed E-state index contributed by atoms with van der Waals surface area (Å²) in [5, 5.41) is 13.5. The van der Waals surface area contributed by atoms with Crippen molar-refractivity contribution in [2.75, 3.05) is 11.5 Å². The predicted molar refractivity (Wildman–Crippen MR) is 165 cm³/mol. The van der Waals surface area contributed by atoms with Crippen LogP contribution in [0.2, 0.25) is 0 Å². The molecule has 1 fully saturated rings. The first kappa shape index (κ1) is 28.2. The Bertz CT molecular complexity index is 1650. The number of aryl methyl sites for hydroxylation is 1. The second kappa shape index (κ2) is 10.9. The molecule has 0 saturated carbocycles. The van der Waals surface area contributed by atoms with Gasteiger partial charge in [-0.2, -0.15) is 0 Å². The maximum atomic E-state index is 13.8. The Kier molecular flexibility index (Phi) is 7.48. The van der Waals surface area contributed by atoms with Crippen molar-refractivity contribution in [3.63, 3.8) is 0 Å². The summed E-state index contributed by atoms with van der Waals surface area (Å²) in [7, 11) is 0. The number of aliphatic hydroxyl groups excluding tert-OH is 1. The van der Waals surface area contributed by atoms with Crippen molar-refractivity contribution >= 4 is 33.9 Å². The zero-order valence-electron chi connectivity index (χ0n) is 24.6. The lowest BCUT2D eigenvalue weighted by molar-refractivity contribution is -0.132. The molecule has 0 spiro atoms. The molecule has 4 aromatic carbocycles. The monoisotopic (exact) mass is 547 g/mol. The van der Waals surface area contributed by atoms with Crippen molar-refractivity contribution in [3.05, 3.63) is 113 Å². The van der Waals surface area contributed by atoms with E-state index in [0.717, 1.165) is 33.2 Å². The van der Waals surface area contributed by atoms with Crippen molar-refractivity contribution in [3.8, 4) is 5.75 Å². The summed E-state index contributed by atoms with van der Waals surface area (Å²) < 4.78 is 5.91. The summed E-state index contributed by atoms with van der Waals surface area (Å²) in [5.41, 5.74) is 3.82. The molecule has 0 aromatic heterocycles. The molecule has 1 unspecified atom stereocenters. The highest BCUT2D eigenvalue weighted by atomic mass is 16.5. The van der Waals surface area contributed by atoms with Crippen LogP contribution in [0.5, 0.6) is 5.75 Å². The van der Waals surface area contributed by atoms with Crippen molar-refractivity contribution < 1.29 is 19.4 Å². The van der Waals surface area contributed by atoms with Gasteiger partial charge in [0.2, 0.25) is 0 Å². The van der Waals surface area contributed by atoms with E-state index in [1.807, 2.05) is 73.7 Å². The van der Waals surface area contributed by atoms with Gasteiger partial charge in [-0.25, -0.2) is 0 Å². The molecule has 210 valence electrons. The van der Waals surface area contributed by atoms with Crippen LogP contribution in [0.4, 0.5) is 5.69 Å². The number of ketones is 1. The van der Waals surface area contributed by atoms with E-state index >= 15 is 0 Å². The number of carbonyl (C=O) groups is 2. The first-order chi connectivity index (χ1) is 19.5. The van der Waals surface area contributed by atoms with Crippen molar-refractivity contribution in [1.82, 2.24) is 0 Å². The van der Waals surface area contributed by atoms with Gasteiger partial charge in [-0.1, -0.05) is 95.3 Å². The average molecular weight is 548 g/mol. The third kappa shape index (κ3) is 5.37. The molecule has 1 atom stereocenters. The van der Waals surface area contributed by atoms with E-state index in [9.17, 15) is 14.7 Å². The molecule has 0 aliphatic carbocycles. The highest BCUT2D eigenvalue weighted by Crippen LogP contribution is 2.44. The van der Waals surface area contributed by atoms with Crippen LogP contribution in [0.15, 0.2) is 90.5 Å². The highest BCUT2D eigenvalue weighted by Gasteiger charge is 2.47. The number of hydrogen-bond donors (Lipinski definition) is 1. The summed E-state index contributed by atoms with van der Waals surface area (Å²) in [6, 6.07) is 26.0. The number of carbonyl (C=O) groups excluding carboxylic acids is 2. The van der Waals surface area contributed by atoms with E-state index in [-0.39, 0.29) is 16.7 Å². The van der Waals surface area contributed by atoms with Crippen molar-refractivity contribution in [2.45, 2.75) is 53.0 Å². The molecule has 1 aliphatic heterocycles. The molecule has 0 radical (unpaired) electrons. The summed E-state index contributed by atoms with van der Waals surface area (Å²) in [6.07, 6.45) is 0. The summed E-state index contributed by atoms with van der Waals surface area (Å²) in [6.45, 7) is 13.1. The molecular weight excluding hydrogens is 510 g/mol. The van der Waals surface area contributed by atoms with E-state index in [0.29, 0.717) is 23.8 Å². The Balaban J connectivity index is 1.69. The minimum Gasteiger partial charge on any atom is -0.507 e. The fourth-order valence-electron chi connectivity index (χ4n) is 5.35. The molecule has 41 heavy (non-hydrogen) atoms. The van der Waals surface area contributed by atoms with E-state index < -0.39 is 17.7 Å². The van der Waals surface area contributed by atoms with Crippen LogP contribution in [-0.4, -0.2) is 23.4 Å². The predicted octanol–water partition coefficient (Wildman–Crippen LogP) is 8.11. The zero-order chi connectivity index (χ0) is 29.5. The van der Waals surface area contributed by atoms with Crippen molar-refractivity contribution in [1.29, 1.82) is 0 Å². The molecule has 4 aromatic rings. The number of nitrogens with zero attached hydrogens (tertiary/aromatic N) is 1. The number of amides is 1. The second-order valence-electron chi connectivity index (χ2n) is 12.2. The Labute approximate surface area is 242 Å². The molecule has 1 heterocycles. The average Bonchev–Trinajstić information content (AvgIpc) is 3.21. The number of aliphatic hydroxyl groups is 1. The van der Waals surface area contributed by atoms with E-state index in [1.165, 1.54) is 4.90 Å². The highest BCUT2D eigenvalue weighted by molar-refractivity contribution is 6.52. The van der Waals surface area contributed by atoms with Crippen LogP contribution in [0.25, 0.3) is 16.5 Å². The van der Waals surface area contributed by atoms with Crippen LogP contribution < -0.4 is 9.64 Å². The third-order valence-electron chi connectivity index (χ3n) is 7.58. The molecule has 1 saturated heterocycles. The zero-order valence-corrected chi connectivity index (χ0v) is 24.6. The van der Waals surface area contributed by atoms with Crippen LogP contribution in [0.3, 0.4) is 0 Å². The van der Waals surface area contributed by atoms with Crippen LogP contribution in [-0.2, 0) is 15.0 Å². The lowest BCUT2D eigenvalue weighted by atomic mass is 9.85. The number of hydrogen-bond acceptors (Lipinski definition) is 4. The second-order valence-corrected chi connectivity index (χ2v) is 12.2. The minimum atomic E-state index is -0.799. The first-order valence-corrected chi connectivity index (χ1v) is 14.1. The topological polar surface area (TPSA) is 66.8 Å². The Hall–Kier alpha value is -4.38. The van der Waals surface area contributed by atoms with Gasteiger partial charge in [-0.05, 0) is 64.6 Å². The normalized spacial score (nSPS) is 17.0. The minimum absolute atomic E-state index is 0.0626. The molecular formula is C36H37NO4. The van der Waals surface area contributed by atoms with E-state index in [1.54, 1.807) is 18.2 Å².